The second kappa shape index (κ2) is 12.2. The highest BCUT2D eigenvalue weighted by Crippen LogP contribution is 2.54. The molecule has 0 nitrogen and oxygen atoms in total. The Morgan fingerprint density at radius 2 is 0.949 bits per heavy atom. The molecule has 0 fully saturated rings. The van der Waals surface area contributed by atoms with Crippen LogP contribution in [0.15, 0.2) is 182 Å². The summed E-state index contributed by atoms with van der Waals surface area (Å²) in [6.45, 7) is 4.75. The number of rotatable bonds is 3. The van der Waals surface area contributed by atoms with Gasteiger partial charge in [0.2, 0.25) is 0 Å². The van der Waals surface area contributed by atoms with Crippen LogP contribution in [0.2, 0.25) is 0 Å². The number of fused-ring (bicyclic) bond motifs is 13. The monoisotopic (exact) mass is 784 g/mol. The minimum Gasteiger partial charge on any atom is -0.135 e. The zero-order valence-corrected chi connectivity index (χ0v) is 34.3. The summed E-state index contributed by atoms with van der Waals surface area (Å²) >= 11 is 3.86. The Morgan fingerprint density at radius 1 is 0.322 bits per heavy atom. The third kappa shape index (κ3) is 4.70. The van der Waals surface area contributed by atoms with Gasteiger partial charge in [-0.05, 0) is 113 Å². The Hall–Kier alpha value is -6.58. The summed E-state index contributed by atoms with van der Waals surface area (Å²) in [5.41, 5.74) is 13.3. The van der Waals surface area contributed by atoms with Gasteiger partial charge in [0, 0.05) is 51.3 Å². The van der Waals surface area contributed by atoms with E-state index in [4.69, 9.17) is 0 Å². The Balaban J connectivity index is 0.960. The molecule has 0 amide bonds. The van der Waals surface area contributed by atoms with Crippen LogP contribution < -0.4 is 0 Å². The van der Waals surface area contributed by atoms with Gasteiger partial charge in [-0.25, -0.2) is 0 Å². The highest BCUT2D eigenvalue weighted by Gasteiger charge is 2.36. The third-order valence-corrected chi connectivity index (χ3v) is 15.6. The van der Waals surface area contributed by atoms with Crippen molar-refractivity contribution in [2.75, 3.05) is 0 Å². The van der Waals surface area contributed by atoms with Gasteiger partial charge < -0.3 is 0 Å². The fourth-order valence-electron chi connectivity index (χ4n) is 10.5. The first kappa shape index (κ1) is 33.4. The fraction of sp³-hybridized carbons (Fsp3) is 0.0526. The van der Waals surface area contributed by atoms with E-state index >= 15 is 0 Å². The lowest BCUT2D eigenvalue weighted by atomic mass is 9.82. The summed E-state index contributed by atoms with van der Waals surface area (Å²) in [6, 6.07) is 68.5. The number of benzene rings is 10. The van der Waals surface area contributed by atoms with Gasteiger partial charge in [0.25, 0.3) is 0 Å². The second-order valence-electron chi connectivity index (χ2n) is 16.7. The molecule has 0 spiro atoms. The molecule has 0 atom stereocenters. The van der Waals surface area contributed by atoms with Crippen molar-refractivity contribution in [3.05, 3.63) is 193 Å². The molecule has 0 radical (unpaired) electrons. The average molecular weight is 785 g/mol. The van der Waals surface area contributed by atoms with Crippen molar-refractivity contribution in [2.45, 2.75) is 19.3 Å². The maximum Gasteiger partial charge on any atom is 0.0437 e. The largest absolute Gasteiger partial charge is 0.135 e. The van der Waals surface area contributed by atoms with Crippen LogP contribution in [-0.2, 0) is 5.41 Å². The molecule has 59 heavy (non-hydrogen) atoms. The standard InChI is InChI=1S/C57H36S2/c1-57(2)48-22-11-10-20-44(48)55-49(57)27-26-43-47-29-34-15-12-21-37(45(34)32-52(47)59-56(43)55)35-24-28-50-46(30-35)38-25-23-36(31-51(38)58-50)54-41-18-8-6-16-39(41)53(33-13-4-3-5-14-33)40-17-7-9-19-42(40)54/h3-32H,1-2H3. The Labute approximate surface area is 350 Å². The molecule has 13 rings (SSSR count). The van der Waals surface area contributed by atoms with Gasteiger partial charge in [-0.15, -0.1) is 22.7 Å². The van der Waals surface area contributed by atoms with Gasteiger partial charge >= 0.3 is 0 Å². The van der Waals surface area contributed by atoms with E-state index in [1.54, 1.807) is 0 Å². The maximum atomic E-state index is 2.46. The number of thiophene rings is 2. The topological polar surface area (TPSA) is 0 Å². The Morgan fingerprint density at radius 3 is 1.73 bits per heavy atom. The number of hydrogen-bond donors (Lipinski definition) is 0. The molecule has 0 bridgehead atoms. The van der Waals surface area contributed by atoms with E-state index in [1.165, 1.54) is 128 Å². The normalized spacial score (nSPS) is 13.4. The summed E-state index contributed by atoms with van der Waals surface area (Å²) < 4.78 is 5.39. The molecule has 1 aliphatic carbocycles. The van der Waals surface area contributed by atoms with Crippen molar-refractivity contribution in [1.29, 1.82) is 0 Å². The lowest BCUT2D eigenvalue weighted by molar-refractivity contribution is 0.661. The van der Waals surface area contributed by atoms with Crippen molar-refractivity contribution < 1.29 is 0 Å². The molecule has 2 heteroatoms. The fourth-order valence-corrected chi connectivity index (χ4v) is 12.9. The van der Waals surface area contributed by atoms with Crippen LogP contribution in [0.4, 0.5) is 0 Å². The first-order valence-electron chi connectivity index (χ1n) is 20.5. The summed E-state index contributed by atoms with van der Waals surface area (Å²) in [4.78, 5) is 0. The SMILES string of the molecule is CC1(C)c2ccccc2-c2c1ccc1c2sc2cc3c(-c4ccc5sc6cc(-c7c8ccccc8c(-c8ccccc8)c8ccccc78)ccc6c5c4)cccc3cc21. The molecule has 2 heterocycles. The Kier molecular flexibility index (Phi) is 6.92. The molecule has 2 aromatic heterocycles. The molecular formula is C57H36S2. The first-order chi connectivity index (χ1) is 29.0. The highest BCUT2D eigenvalue weighted by molar-refractivity contribution is 7.26. The van der Waals surface area contributed by atoms with Crippen LogP contribution in [0, 0.1) is 0 Å². The van der Waals surface area contributed by atoms with E-state index in [0.717, 1.165) is 0 Å². The van der Waals surface area contributed by atoms with Crippen LogP contribution in [0.5, 0.6) is 0 Å². The van der Waals surface area contributed by atoms with E-state index in [9.17, 15) is 0 Å². The quantitative estimate of drug-likeness (QED) is 0.157. The van der Waals surface area contributed by atoms with Crippen molar-refractivity contribution in [3.63, 3.8) is 0 Å². The van der Waals surface area contributed by atoms with Crippen LogP contribution >= 0.6 is 22.7 Å². The van der Waals surface area contributed by atoms with E-state index in [-0.39, 0.29) is 5.41 Å². The van der Waals surface area contributed by atoms with Crippen LogP contribution in [0.25, 0.3) is 117 Å². The molecule has 276 valence electrons. The minimum atomic E-state index is -0.00286. The molecule has 0 saturated carbocycles. The van der Waals surface area contributed by atoms with E-state index < -0.39 is 0 Å². The second-order valence-corrected chi connectivity index (χ2v) is 18.9. The van der Waals surface area contributed by atoms with Gasteiger partial charge in [-0.3, -0.25) is 0 Å². The van der Waals surface area contributed by atoms with Crippen LogP contribution in [0.1, 0.15) is 25.0 Å². The van der Waals surface area contributed by atoms with E-state index in [1.807, 2.05) is 22.7 Å². The third-order valence-electron chi connectivity index (χ3n) is 13.2. The Bertz CT molecular complexity index is 3690. The lowest BCUT2D eigenvalue weighted by Crippen LogP contribution is -2.14. The predicted octanol–water partition coefficient (Wildman–Crippen LogP) is 17.2. The van der Waals surface area contributed by atoms with Crippen LogP contribution in [-0.4, -0.2) is 0 Å². The van der Waals surface area contributed by atoms with Gasteiger partial charge in [0.05, 0.1) is 0 Å². The summed E-state index contributed by atoms with van der Waals surface area (Å²) in [5.74, 6) is 0. The zero-order valence-electron chi connectivity index (χ0n) is 32.6. The van der Waals surface area contributed by atoms with E-state index in [0.29, 0.717) is 0 Å². The van der Waals surface area contributed by atoms with Crippen molar-refractivity contribution in [2.24, 2.45) is 0 Å². The molecule has 0 unspecified atom stereocenters. The maximum absolute atomic E-state index is 2.46. The van der Waals surface area contributed by atoms with Crippen molar-refractivity contribution in [1.82, 2.24) is 0 Å². The van der Waals surface area contributed by atoms with Crippen molar-refractivity contribution in [3.8, 4) is 44.5 Å². The summed E-state index contributed by atoms with van der Waals surface area (Å²) in [5, 5.41) is 13.1. The average Bonchev–Trinajstić information content (AvgIpc) is 3.91. The summed E-state index contributed by atoms with van der Waals surface area (Å²) in [6.07, 6.45) is 0. The first-order valence-corrected chi connectivity index (χ1v) is 22.1. The molecule has 1 aliphatic rings. The lowest BCUT2D eigenvalue weighted by Gasteiger charge is -2.21. The van der Waals surface area contributed by atoms with Gasteiger partial charge in [0.1, 0.15) is 0 Å². The van der Waals surface area contributed by atoms with Crippen molar-refractivity contribution >= 4 is 95.3 Å². The van der Waals surface area contributed by atoms with Gasteiger partial charge in [-0.1, -0.05) is 166 Å². The molecular weight excluding hydrogens is 749 g/mol. The van der Waals surface area contributed by atoms with E-state index in [2.05, 4.69) is 196 Å². The highest BCUT2D eigenvalue weighted by atomic mass is 32.1. The predicted molar refractivity (Wildman–Crippen MR) is 259 cm³/mol. The number of hydrogen-bond acceptors (Lipinski definition) is 2. The minimum absolute atomic E-state index is 0.00286. The molecule has 12 aromatic rings. The van der Waals surface area contributed by atoms with Gasteiger partial charge in [-0.2, -0.15) is 0 Å². The van der Waals surface area contributed by atoms with Crippen LogP contribution in [0.3, 0.4) is 0 Å². The molecule has 10 aromatic carbocycles. The summed E-state index contributed by atoms with van der Waals surface area (Å²) in [7, 11) is 0. The van der Waals surface area contributed by atoms with Gasteiger partial charge in [0.15, 0.2) is 0 Å². The zero-order chi connectivity index (χ0) is 39.0. The molecule has 0 saturated heterocycles. The smallest absolute Gasteiger partial charge is 0.0437 e. The molecule has 0 N–H and O–H groups in total. The molecule has 0 aliphatic heterocycles.